The number of nitrogens with one attached hydrogen (secondary N) is 1. The fourth-order valence-electron chi connectivity index (χ4n) is 1.43. The van der Waals surface area contributed by atoms with Crippen molar-refractivity contribution >= 4 is 35.3 Å². The molecule has 0 aliphatic rings. The van der Waals surface area contributed by atoms with Crippen LogP contribution in [-0.4, -0.2) is 29.0 Å². The van der Waals surface area contributed by atoms with Crippen LogP contribution in [-0.2, 0) is 5.75 Å². The first kappa shape index (κ1) is 14.8. The topological polar surface area (TPSA) is 80.0 Å². The van der Waals surface area contributed by atoms with E-state index in [1.165, 1.54) is 11.8 Å². The number of halogens is 1. The molecule has 2 aromatic rings. The molecular weight excluding hydrogens is 296 g/mol. The number of benzene rings is 1. The van der Waals surface area contributed by atoms with Crippen molar-refractivity contribution in [3.05, 3.63) is 34.9 Å². The normalized spacial score (nSPS) is 10.4. The molecule has 0 saturated heterocycles. The van der Waals surface area contributed by atoms with Crippen LogP contribution in [0, 0.1) is 0 Å². The van der Waals surface area contributed by atoms with Gasteiger partial charge in [-0.1, -0.05) is 41.6 Å². The number of nitrogens with two attached hydrogens (primary N) is 1. The molecular formula is C12H15ClN6S. The molecule has 8 heteroatoms. The second-order valence-electron chi connectivity index (χ2n) is 4.16. The molecule has 0 aliphatic heterocycles. The molecule has 2 rings (SSSR count). The van der Waals surface area contributed by atoms with Crippen molar-refractivity contribution in [2.45, 2.75) is 10.9 Å². The molecule has 1 aromatic carbocycles. The lowest BCUT2D eigenvalue weighted by Crippen LogP contribution is -2.17. The summed E-state index contributed by atoms with van der Waals surface area (Å²) in [4.78, 5) is 14.5. The average molecular weight is 311 g/mol. The summed E-state index contributed by atoms with van der Waals surface area (Å²) >= 11 is 7.60. The van der Waals surface area contributed by atoms with Crippen LogP contribution in [0.15, 0.2) is 29.4 Å². The Bertz CT molecular complexity index is 592. The molecule has 0 fully saturated rings. The number of hydrazine groups is 1. The second kappa shape index (κ2) is 6.74. The fourth-order valence-corrected chi connectivity index (χ4v) is 2.55. The molecule has 3 N–H and O–H groups in total. The van der Waals surface area contributed by atoms with E-state index >= 15 is 0 Å². The van der Waals surface area contributed by atoms with E-state index in [9.17, 15) is 0 Å². The Kier molecular flexibility index (Phi) is 4.99. The van der Waals surface area contributed by atoms with Crippen LogP contribution in [0.5, 0.6) is 0 Å². The van der Waals surface area contributed by atoms with E-state index in [1.807, 2.05) is 38.4 Å². The molecule has 0 unspecified atom stereocenters. The lowest BCUT2D eigenvalue weighted by molar-refractivity contribution is 0.865. The Labute approximate surface area is 126 Å². The summed E-state index contributed by atoms with van der Waals surface area (Å²) in [7, 11) is 3.72. The molecule has 0 aliphatic carbocycles. The first-order chi connectivity index (χ1) is 9.60. The fraction of sp³-hybridized carbons (Fsp3) is 0.250. The van der Waals surface area contributed by atoms with Gasteiger partial charge in [0.15, 0.2) is 5.16 Å². The first-order valence-corrected chi connectivity index (χ1v) is 7.22. The van der Waals surface area contributed by atoms with Gasteiger partial charge in [-0.2, -0.15) is 15.0 Å². The number of hydrogen-bond donors (Lipinski definition) is 2. The second-order valence-corrected chi connectivity index (χ2v) is 5.51. The molecule has 1 heterocycles. The van der Waals surface area contributed by atoms with Crippen molar-refractivity contribution < 1.29 is 0 Å². The van der Waals surface area contributed by atoms with Gasteiger partial charge in [0.25, 0.3) is 0 Å². The molecule has 1 aromatic heterocycles. The highest BCUT2D eigenvalue weighted by atomic mass is 35.5. The van der Waals surface area contributed by atoms with Gasteiger partial charge < -0.3 is 4.90 Å². The Morgan fingerprint density at radius 2 is 2.00 bits per heavy atom. The van der Waals surface area contributed by atoms with Gasteiger partial charge in [0.2, 0.25) is 11.9 Å². The number of nitrogens with zero attached hydrogens (tertiary/aromatic N) is 4. The summed E-state index contributed by atoms with van der Waals surface area (Å²) in [5, 5.41) is 1.33. The van der Waals surface area contributed by atoms with Crippen molar-refractivity contribution in [3.63, 3.8) is 0 Å². The molecule has 0 saturated carbocycles. The SMILES string of the molecule is CN(C)c1nc(NN)nc(SCc2ccccc2Cl)n1. The van der Waals surface area contributed by atoms with Gasteiger partial charge in [-0.15, -0.1) is 0 Å². The quantitative estimate of drug-likeness (QED) is 0.497. The maximum Gasteiger partial charge on any atom is 0.242 e. The zero-order valence-electron chi connectivity index (χ0n) is 11.2. The Morgan fingerprint density at radius 3 is 2.65 bits per heavy atom. The van der Waals surface area contributed by atoms with E-state index in [-0.39, 0.29) is 0 Å². The molecule has 0 radical (unpaired) electrons. The minimum atomic E-state index is 0.338. The molecule has 0 atom stereocenters. The van der Waals surface area contributed by atoms with Crippen LogP contribution in [0.3, 0.4) is 0 Å². The highest BCUT2D eigenvalue weighted by Crippen LogP contribution is 2.25. The zero-order valence-corrected chi connectivity index (χ0v) is 12.7. The predicted molar refractivity (Wildman–Crippen MR) is 83.0 cm³/mol. The first-order valence-electron chi connectivity index (χ1n) is 5.86. The van der Waals surface area contributed by atoms with Gasteiger partial charge in [-0.05, 0) is 11.6 Å². The maximum atomic E-state index is 6.12. The summed E-state index contributed by atoms with van der Waals surface area (Å²) in [6.07, 6.45) is 0. The van der Waals surface area contributed by atoms with E-state index in [4.69, 9.17) is 17.4 Å². The van der Waals surface area contributed by atoms with E-state index in [0.29, 0.717) is 22.8 Å². The van der Waals surface area contributed by atoms with Crippen molar-refractivity contribution in [1.82, 2.24) is 15.0 Å². The molecule has 20 heavy (non-hydrogen) atoms. The number of anilines is 2. The Morgan fingerprint density at radius 1 is 1.25 bits per heavy atom. The van der Waals surface area contributed by atoms with Crippen LogP contribution in [0.1, 0.15) is 5.56 Å². The number of nitrogen functional groups attached to an aromatic ring is 1. The highest BCUT2D eigenvalue weighted by Gasteiger charge is 2.09. The van der Waals surface area contributed by atoms with E-state index < -0.39 is 0 Å². The Balaban J connectivity index is 2.17. The number of hydrogen-bond acceptors (Lipinski definition) is 7. The highest BCUT2D eigenvalue weighted by molar-refractivity contribution is 7.98. The average Bonchev–Trinajstić information content (AvgIpc) is 2.46. The van der Waals surface area contributed by atoms with Crippen LogP contribution in [0.2, 0.25) is 5.02 Å². The Hall–Kier alpha value is -1.57. The summed E-state index contributed by atoms with van der Waals surface area (Å²) in [6, 6.07) is 7.70. The van der Waals surface area contributed by atoms with Gasteiger partial charge >= 0.3 is 0 Å². The van der Waals surface area contributed by atoms with Crippen molar-refractivity contribution in [2.24, 2.45) is 5.84 Å². The molecule has 0 bridgehead atoms. The zero-order chi connectivity index (χ0) is 14.5. The summed E-state index contributed by atoms with van der Waals surface area (Å²) in [5.74, 6) is 6.94. The van der Waals surface area contributed by atoms with E-state index in [0.717, 1.165) is 10.6 Å². The maximum absolute atomic E-state index is 6.12. The largest absolute Gasteiger partial charge is 0.347 e. The van der Waals surface area contributed by atoms with Gasteiger partial charge in [-0.3, -0.25) is 5.43 Å². The molecule has 106 valence electrons. The van der Waals surface area contributed by atoms with Crippen molar-refractivity contribution in [2.75, 3.05) is 24.4 Å². The third-order valence-electron chi connectivity index (χ3n) is 2.45. The smallest absolute Gasteiger partial charge is 0.242 e. The van der Waals surface area contributed by atoms with E-state index in [1.54, 1.807) is 4.90 Å². The van der Waals surface area contributed by atoms with Gasteiger partial charge in [0.05, 0.1) is 0 Å². The lowest BCUT2D eigenvalue weighted by Gasteiger charge is -2.12. The monoisotopic (exact) mass is 310 g/mol. The van der Waals surface area contributed by atoms with Crippen LogP contribution in [0.25, 0.3) is 0 Å². The van der Waals surface area contributed by atoms with Crippen LogP contribution >= 0.6 is 23.4 Å². The standard InChI is InChI=1S/C12H15ClN6S/c1-19(2)11-15-10(18-14)16-12(17-11)20-7-8-5-3-4-6-9(8)13/h3-6H,7,14H2,1-2H3,(H,15,16,17,18). The van der Waals surface area contributed by atoms with E-state index in [2.05, 4.69) is 20.4 Å². The number of aromatic nitrogens is 3. The molecule has 0 amide bonds. The number of thioether (sulfide) groups is 1. The summed E-state index contributed by atoms with van der Waals surface area (Å²) in [6.45, 7) is 0. The number of rotatable bonds is 5. The summed E-state index contributed by atoms with van der Waals surface area (Å²) in [5.41, 5.74) is 3.48. The third kappa shape index (κ3) is 3.72. The minimum absolute atomic E-state index is 0.338. The van der Waals surface area contributed by atoms with Gasteiger partial charge in [0, 0.05) is 24.9 Å². The van der Waals surface area contributed by atoms with Crippen molar-refractivity contribution in [1.29, 1.82) is 0 Å². The third-order valence-corrected chi connectivity index (χ3v) is 3.71. The molecule has 0 spiro atoms. The molecule has 6 nitrogen and oxygen atoms in total. The lowest BCUT2D eigenvalue weighted by atomic mass is 10.2. The van der Waals surface area contributed by atoms with Crippen LogP contribution < -0.4 is 16.2 Å². The predicted octanol–water partition coefficient (Wildman–Crippen LogP) is 2.17. The minimum Gasteiger partial charge on any atom is -0.347 e. The summed E-state index contributed by atoms with van der Waals surface area (Å²) < 4.78 is 0. The van der Waals surface area contributed by atoms with Crippen LogP contribution in [0.4, 0.5) is 11.9 Å². The van der Waals surface area contributed by atoms with Gasteiger partial charge in [-0.25, -0.2) is 5.84 Å². The van der Waals surface area contributed by atoms with Gasteiger partial charge in [0.1, 0.15) is 0 Å². The van der Waals surface area contributed by atoms with Crippen molar-refractivity contribution in [3.8, 4) is 0 Å².